The highest BCUT2D eigenvalue weighted by molar-refractivity contribution is 7.91. The third-order valence-corrected chi connectivity index (χ3v) is 10.2. The number of carbonyl (C=O) groups excluding carboxylic acids is 2. The molecule has 202 valence electrons. The molecule has 2 aliphatic rings. The SMILES string of the molecule is CN1C(=O)C2=C(c3ccc(S(=O)(=O)CCCO)cc3)N(C)C(=O)C2=C1c1ccc(S(=O)(=O)CCCO)cc1. The predicted octanol–water partition coefficient (Wildman–Crippen LogP) is 1.07. The fourth-order valence-electron chi connectivity index (χ4n) is 4.59. The maximum absolute atomic E-state index is 13.3. The molecule has 2 aromatic rings. The minimum Gasteiger partial charge on any atom is -0.396 e. The first-order valence-corrected chi connectivity index (χ1v) is 15.2. The van der Waals surface area contributed by atoms with Gasteiger partial charge in [0.15, 0.2) is 19.7 Å². The second kappa shape index (κ2) is 10.4. The van der Waals surface area contributed by atoms with Gasteiger partial charge in [0, 0.05) is 27.3 Å². The van der Waals surface area contributed by atoms with Crippen LogP contribution in [0.25, 0.3) is 11.4 Å². The Morgan fingerprint density at radius 2 is 0.921 bits per heavy atom. The van der Waals surface area contributed by atoms with Crippen molar-refractivity contribution in [1.82, 2.24) is 9.80 Å². The molecule has 4 rings (SSSR count). The Labute approximate surface area is 221 Å². The monoisotopic (exact) mass is 560 g/mol. The molecule has 38 heavy (non-hydrogen) atoms. The first-order valence-electron chi connectivity index (χ1n) is 11.9. The Balaban J connectivity index is 1.76. The fraction of sp³-hybridized carbons (Fsp3) is 0.308. The molecule has 2 amide bonds. The number of nitrogens with zero attached hydrogens (tertiary/aromatic N) is 2. The summed E-state index contributed by atoms with van der Waals surface area (Å²) in [6.07, 6.45) is 0.230. The molecule has 10 nitrogen and oxygen atoms in total. The maximum Gasteiger partial charge on any atom is 0.261 e. The molecule has 2 aliphatic heterocycles. The van der Waals surface area contributed by atoms with Crippen LogP contribution in [0.3, 0.4) is 0 Å². The van der Waals surface area contributed by atoms with Gasteiger partial charge in [-0.1, -0.05) is 24.3 Å². The van der Waals surface area contributed by atoms with Gasteiger partial charge in [0.2, 0.25) is 0 Å². The third-order valence-electron chi connectivity index (χ3n) is 6.55. The van der Waals surface area contributed by atoms with Gasteiger partial charge in [-0.3, -0.25) is 9.59 Å². The van der Waals surface area contributed by atoms with Crippen molar-refractivity contribution in [2.75, 3.05) is 38.8 Å². The molecule has 0 aromatic heterocycles. The van der Waals surface area contributed by atoms with E-state index >= 15 is 0 Å². The van der Waals surface area contributed by atoms with Crippen LogP contribution >= 0.6 is 0 Å². The summed E-state index contributed by atoms with van der Waals surface area (Å²) in [7, 11) is -4.11. The zero-order valence-electron chi connectivity index (χ0n) is 20.9. The highest BCUT2D eigenvalue weighted by atomic mass is 32.2. The molecule has 0 saturated heterocycles. The van der Waals surface area contributed by atoms with Crippen LogP contribution in [-0.4, -0.2) is 87.5 Å². The van der Waals surface area contributed by atoms with E-state index in [9.17, 15) is 26.4 Å². The molecule has 0 unspecified atom stereocenters. The summed E-state index contributed by atoms with van der Waals surface area (Å²) in [5.41, 5.74) is 2.04. The van der Waals surface area contributed by atoms with Gasteiger partial charge in [-0.15, -0.1) is 0 Å². The number of aliphatic hydroxyl groups is 2. The van der Waals surface area contributed by atoms with E-state index in [2.05, 4.69) is 0 Å². The van der Waals surface area contributed by atoms with E-state index in [0.717, 1.165) is 0 Å². The molecule has 2 aromatic carbocycles. The molecule has 0 radical (unpaired) electrons. The molecule has 0 atom stereocenters. The van der Waals surface area contributed by atoms with Crippen molar-refractivity contribution < 1.29 is 36.6 Å². The van der Waals surface area contributed by atoms with Crippen molar-refractivity contribution in [3.63, 3.8) is 0 Å². The first kappa shape index (κ1) is 27.7. The fourth-order valence-corrected chi connectivity index (χ4v) is 7.18. The molecule has 2 heterocycles. The van der Waals surface area contributed by atoms with Gasteiger partial charge in [-0.2, -0.15) is 0 Å². The van der Waals surface area contributed by atoms with Gasteiger partial charge in [0.1, 0.15) is 0 Å². The minimum atomic E-state index is -3.58. The van der Waals surface area contributed by atoms with Crippen LogP contribution < -0.4 is 0 Å². The Morgan fingerprint density at radius 3 is 1.21 bits per heavy atom. The molecule has 0 fully saturated rings. The zero-order valence-corrected chi connectivity index (χ0v) is 22.5. The van der Waals surface area contributed by atoms with Crippen molar-refractivity contribution in [2.24, 2.45) is 0 Å². The Kier molecular flexibility index (Phi) is 7.62. The number of likely N-dealkylation sites (N-methyl/N-ethyl adjacent to an activating group) is 2. The lowest BCUT2D eigenvalue weighted by Crippen LogP contribution is -2.25. The van der Waals surface area contributed by atoms with Gasteiger partial charge in [0.25, 0.3) is 11.8 Å². The van der Waals surface area contributed by atoms with E-state index in [1.807, 2.05) is 0 Å². The van der Waals surface area contributed by atoms with Crippen LogP contribution in [0.15, 0.2) is 69.5 Å². The number of fused-ring (bicyclic) bond motifs is 1. The van der Waals surface area contributed by atoms with E-state index in [0.29, 0.717) is 22.5 Å². The van der Waals surface area contributed by atoms with Crippen molar-refractivity contribution >= 4 is 42.9 Å². The van der Waals surface area contributed by atoms with Crippen LogP contribution in [0.2, 0.25) is 0 Å². The van der Waals surface area contributed by atoms with Crippen LogP contribution in [-0.2, 0) is 29.3 Å². The highest BCUT2D eigenvalue weighted by Crippen LogP contribution is 2.45. The summed E-state index contributed by atoms with van der Waals surface area (Å²) >= 11 is 0. The van der Waals surface area contributed by atoms with Crippen LogP contribution in [0.5, 0.6) is 0 Å². The zero-order chi connectivity index (χ0) is 27.8. The van der Waals surface area contributed by atoms with Gasteiger partial charge < -0.3 is 20.0 Å². The van der Waals surface area contributed by atoms with E-state index < -0.39 is 31.5 Å². The summed E-state index contributed by atoms with van der Waals surface area (Å²) in [4.78, 5) is 29.5. The predicted molar refractivity (Wildman–Crippen MR) is 140 cm³/mol. The van der Waals surface area contributed by atoms with Crippen LogP contribution in [0.4, 0.5) is 0 Å². The standard InChI is InChI=1S/C26H28N2O8S2/c1-27-23(17-5-9-19(10-6-17)37(33,34)15-3-13-29)21-22(25(27)31)24(28(2)26(21)32)18-7-11-20(12-8-18)38(35,36)16-4-14-30/h5-12,29-30H,3-4,13-16H2,1-2H3. The van der Waals surface area contributed by atoms with Gasteiger partial charge >= 0.3 is 0 Å². The minimum absolute atomic E-state index is 0.0765. The molecule has 0 bridgehead atoms. The summed E-state index contributed by atoms with van der Waals surface area (Å²) in [5.74, 6) is -1.23. The quantitative estimate of drug-likeness (QED) is 0.438. The van der Waals surface area contributed by atoms with Crippen molar-refractivity contribution in [2.45, 2.75) is 22.6 Å². The molecule has 0 saturated carbocycles. The molecular formula is C26H28N2O8S2. The lowest BCUT2D eigenvalue weighted by atomic mass is 10.0. The van der Waals surface area contributed by atoms with Gasteiger partial charge in [-0.25, -0.2) is 16.8 Å². The number of hydrogen-bond donors (Lipinski definition) is 2. The van der Waals surface area contributed by atoms with E-state index in [1.165, 1.54) is 72.4 Å². The summed E-state index contributed by atoms with van der Waals surface area (Å²) in [6, 6.07) is 11.8. The van der Waals surface area contributed by atoms with Crippen molar-refractivity contribution in [3.8, 4) is 0 Å². The number of aliphatic hydroxyl groups excluding tert-OH is 2. The van der Waals surface area contributed by atoms with Crippen LogP contribution in [0.1, 0.15) is 24.0 Å². The molecule has 0 spiro atoms. The summed E-state index contributed by atoms with van der Waals surface area (Å²) < 4.78 is 49.8. The number of rotatable bonds is 10. The number of benzene rings is 2. The number of sulfone groups is 2. The Hall–Kier alpha value is -3.32. The maximum atomic E-state index is 13.3. The largest absolute Gasteiger partial charge is 0.396 e. The number of hydrogen-bond acceptors (Lipinski definition) is 8. The smallest absolute Gasteiger partial charge is 0.261 e. The summed E-state index contributed by atoms with van der Waals surface area (Å²) in [6.45, 7) is -0.481. The topological polar surface area (TPSA) is 149 Å². The third kappa shape index (κ3) is 4.80. The Bertz CT molecular complexity index is 1440. The second-order valence-corrected chi connectivity index (χ2v) is 13.2. The van der Waals surface area contributed by atoms with Gasteiger partial charge in [0.05, 0.1) is 43.8 Å². The lowest BCUT2D eigenvalue weighted by molar-refractivity contribution is -0.123. The molecular weight excluding hydrogens is 532 g/mol. The average molecular weight is 561 g/mol. The summed E-state index contributed by atoms with van der Waals surface area (Å²) in [5, 5.41) is 17.9. The molecule has 12 heteroatoms. The van der Waals surface area contributed by atoms with E-state index in [1.54, 1.807) is 0 Å². The van der Waals surface area contributed by atoms with Crippen molar-refractivity contribution in [1.29, 1.82) is 0 Å². The molecule has 0 aliphatic carbocycles. The lowest BCUT2D eigenvalue weighted by Gasteiger charge is -2.20. The van der Waals surface area contributed by atoms with E-state index in [-0.39, 0.29) is 58.5 Å². The second-order valence-electron chi connectivity index (χ2n) is 9.02. The van der Waals surface area contributed by atoms with Crippen LogP contribution in [0, 0.1) is 0 Å². The average Bonchev–Trinajstić information content (AvgIpc) is 3.31. The van der Waals surface area contributed by atoms with Gasteiger partial charge in [-0.05, 0) is 48.2 Å². The molecule has 2 N–H and O–H groups in total. The first-order chi connectivity index (χ1) is 17.9. The normalized spacial score (nSPS) is 16.2. The Morgan fingerprint density at radius 1 is 0.605 bits per heavy atom. The van der Waals surface area contributed by atoms with Crippen molar-refractivity contribution in [3.05, 3.63) is 70.8 Å². The highest BCUT2D eigenvalue weighted by Gasteiger charge is 2.46. The number of carbonyl (C=O) groups is 2. The van der Waals surface area contributed by atoms with E-state index in [4.69, 9.17) is 10.2 Å². The number of amides is 2.